The molecule has 4 nitrogen and oxygen atoms in total. The first-order chi connectivity index (χ1) is 9.07. The fraction of sp³-hybridized carbons (Fsp3) is 0.800. The van der Waals surface area contributed by atoms with Gasteiger partial charge in [0, 0.05) is 24.4 Å². The summed E-state index contributed by atoms with van der Waals surface area (Å²) in [4.78, 5) is 0. The average molecular weight is 265 g/mol. The Morgan fingerprint density at radius 2 is 2.21 bits per heavy atom. The Bertz CT molecular complexity index is 400. The first-order valence-corrected chi connectivity index (χ1v) is 7.50. The lowest BCUT2D eigenvalue weighted by Gasteiger charge is -2.51. The van der Waals surface area contributed by atoms with E-state index < -0.39 is 0 Å². The van der Waals surface area contributed by atoms with Crippen molar-refractivity contribution in [2.75, 3.05) is 6.54 Å². The molecule has 0 aromatic carbocycles. The SMILES string of the molecule is CCCNC1CC(Oc2cnn(CCC)c2)C1(C)C. The van der Waals surface area contributed by atoms with E-state index in [-0.39, 0.29) is 5.41 Å². The topological polar surface area (TPSA) is 39.1 Å². The van der Waals surface area contributed by atoms with Crippen molar-refractivity contribution in [3.05, 3.63) is 12.4 Å². The molecule has 0 bridgehead atoms. The molecule has 1 heterocycles. The van der Waals surface area contributed by atoms with Crippen LogP contribution >= 0.6 is 0 Å². The lowest BCUT2D eigenvalue weighted by molar-refractivity contribution is -0.0546. The standard InChI is InChI=1S/C15H27N3O/c1-5-7-16-13-9-14(15(13,3)4)19-12-10-17-18(11-12)8-6-2/h10-11,13-14,16H,5-9H2,1-4H3. The molecule has 1 saturated carbocycles. The highest BCUT2D eigenvalue weighted by atomic mass is 16.5. The van der Waals surface area contributed by atoms with Crippen LogP contribution in [0.4, 0.5) is 0 Å². The number of rotatable bonds is 7. The molecule has 1 fully saturated rings. The highest BCUT2D eigenvalue weighted by Crippen LogP contribution is 2.42. The van der Waals surface area contributed by atoms with Gasteiger partial charge >= 0.3 is 0 Å². The summed E-state index contributed by atoms with van der Waals surface area (Å²) in [6.45, 7) is 11.0. The van der Waals surface area contributed by atoms with Gasteiger partial charge in [0.1, 0.15) is 6.10 Å². The Labute approximate surface area is 116 Å². The van der Waals surface area contributed by atoms with E-state index in [4.69, 9.17) is 4.74 Å². The van der Waals surface area contributed by atoms with Crippen molar-refractivity contribution in [2.45, 2.75) is 65.6 Å². The molecule has 1 aliphatic rings. The molecule has 2 unspecified atom stereocenters. The predicted molar refractivity (Wildman–Crippen MR) is 77.4 cm³/mol. The van der Waals surface area contributed by atoms with E-state index in [2.05, 4.69) is 38.1 Å². The Hall–Kier alpha value is -1.03. The molecular weight excluding hydrogens is 238 g/mol. The summed E-state index contributed by atoms with van der Waals surface area (Å²) in [6.07, 6.45) is 7.50. The van der Waals surface area contributed by atoms with Crippen molar-refractivity contribution < 1.29 is 4.74 Å². The molecule has 19 heavy (non-hydrogen) atoms. The van der Waals surface area contributed by atoms with Crippen molar-refractivity contribution >= 4 is 0 Å². The first kappa shape index (κ1) is 14.4. The Balaban J connectivity index is 1.86. The second-order valence-electron chi connectivity index (χ2n) is 6.11. The average Bonchev–Trinajstić information content (AvgIpc) is 2.81. The number of nitrogens with one attached hydrogen (secondary N) is 1. The van der Waals surface area contributed by atoms with E-state index in [1.165, 1.54) is 6.42 Å². The van der Waals surface area contributed by atoms with Crippen LogP contribution in [0.15, 0.2) is 12.4 Å². The molecule has 0 aliphatic heterocycles. The predicted octanol–water partition coefficient (Wildman–Crippen LogP) is 2.84. The van der Waals surface area contributed by atoms with Gasteiger partial charge in [0.15, 0.2) is 5.75 Å². The van der Waals surface area contributed by atoms with Gasteiger partial charge in [-0.2, -0.15) is 5.10 Å². The summed E-state index contributed by atoms with van der Waals surface area (Å²) < 4.78 is 8.03. The zero-order valence-corrected chi connectivity index (χ0v) is 12.6. The number of ether oxygens (including phenoxy) is 1. The molecule has 1 aromatic heterocycles. The van der Waals surface area contributed by atoms with Crippen LogP contribution in [0.25, 0.3) is 0 Å². The number of aromatic nitrogens is 2. The van der Waals surface area contributed by atoms with E-state index in [0.717, 1.165) is 31.7 Å². The van der Waals surface area contributed by atoms with Gasteiger partial charge in [-0.3, -0.25) is 4.68 Å². The van der Waals surface area contributed by atoms with Crippen molar-refractivity contribution in [3.8, 4) is 5.75 Å². The van der Waals surface area contributed by atoms with Crippen LogP contribution in [0.3, 0.4) is 0 Å². The molecule has 108 valence electrons. The highest BCUT2D eigenvalue weighted by molar-refractivity contribution is 5.15. The number of nitrogens with zero attached hydrogens (tertiary/aromatic N) is 2. The largest absolute Gasteiger partial charge is 0.486 e. The number of aryl methyl sites for hydroxylation is 1. The number of hydrogen-bond donors (Lipinski definition) is 1. The minimum absolute atomic E-state index is 0.196. The van der Waals surface area contributed by atoms with Crippen LogP contribution in [-0.4, -0.2) is 28.5 Å². The molecule has 0 saturated heterocycles. The van der Waals surface area contributed by atoms with Crippen molar-refractivity contribution in [3.63, 3.8) is 0 Å². The normalized spacial score (nSPS) is 25.1. The van der Waals surface area contributed by atoms with E-state index in [0.29, 0.717) is 12.1 Å². The molecule has 1 aliphatic carbocycles. The van der Waals surface area contributed by atoms with Gasteiger partial charge in [0.05, 0.1) is 12.4 Å². The minimum Gasteiger partial charge on any atom is -0.486 e. The third-order valence-electron chi connectivity index (χ3n) is 4.16. The first-order valence-electron chi connectivity index (χ1n) is 7.50. The lowest BCUT2D eigenvalue weighted by Crippen LogP contribution is -2.62. The van der Waals surface area contributed by atoms with E-state index >= 15 is 0 Å². The molecule has 2 rings (SSSR count). The molecule has 1 aromatic rings. The zero-order chi connectivity index (χ0) is 13.9. The smallest absolute Gasteiger partial charge is 0.157 e. The van der Waals surface area contributed by atoms with Crippen LogP contribution in [-0.2, 0) is 6.54 Å². The van der Waals surface area contributed by atoms with E-state index in [1.54, 1.807) is 0 Å². The Morgan fingerprint density at radius 1 is 1.42 bits per heavy atom. The van der Waals surface area contributed by atoms with E-state index in [1.807, 2.05) is 17.1 Å². The van der Waals surface area contributed by atoms with Crippen molar-refractivity contribution in [2.24, 2.45) is 5.41 Å². The van der Waals surface area contributed by atoms with Crippen molar-refractivity contribution in [1.29, 1.82) is 0 Å². The molecule has 0 spiro atoms. The van der Waals surface area contributed by atoms with Crippen LogP contribution in [0.1, 0.15) is 47.0 Å². The molecule has 2 atom stereocenters. The van der Waals surface area contributed by atoms with Gasteiger partial charge in [-0.15, -0.1) is 0 Å². The second kappa shape index (κ2) is 5.95. The fourth-order valence-corrected chi connectivity index (χ4v) is 2.67. The summed E-state index contributed by atoms with van der Waals surface area (Å²) in [7, 11) is 0. The quantitative estimate of drug-likeness (QED) is 0.824. The van der Waals surface area contributed by atoms with Gasteiger partial charge in [0.2, 0.25) is 0 Å². The second-order valence-corrected chi connectivity index (χ2v) is 6.11. The zero-order valence-electron chi connectivity index (χ0n) is 12.6. The number of hydrogen-bond acceptors (Lipinski definition) is 3. The third kappa shape index (κ3) is 3.11. The van der Waals surface area contributed by atoms with Crippen LogP contribution < -0.4 is 10.1 Å². The third-order valence-corrected chi connectivity index (χ3v) is 4.16. The summed E-state index contributed by atoms with van der Waals surface area (Å²) in [5, 5.41) is 7.91. The Kier molecular flexibility index (Phi) is 4.50. The highest BCUT2D eigenvalue weighted by Gasteiger charge is 2.49. The molecular formula is C15H27N3O. The lowest BCUT2D eigenvalue weighted by atomic mass is 9.64. The van der Waals surface area contributed by atoms with E-state index in [9.17, 15) is 0 Å². The summed E-state index contributed by atoms with van der Waals surface area (Å²) in [5.41, 5.74) is 0.196. The van der Waals surface area contributed by atoms with Gasteiger partial charge in [-0.25, -0.2) is 0 Å². The molecule has 1 N–H and O–H groups in total. The molecule has 0 radical (unpaired) electrons. The monoisotopic (exact) mass is 265 g/mol. The fourth-order valence-electron chi connectivity index (χ4n) is 2.67. The summed E-state index contributed by atoms with van der Waals surface area (Å²) >= 11 is 0. The Morgan fingerprint density at radius 3 is 2.84 bits per heavy atom. The van der Waals surface area contributed by atoms with Gasteiger partial charge < -0.3 is 10.1 Å². The molecule has 4 heteroatoms. The van der Waals surface area contributed by atoms with Gasteiger partial charge in [-0.05, 0) is 19.4 Å². The summed E-state index contributed by atoms with van der Waals surface area (Å²) in [6, 6.07) is 0.572. The minimum atomic E-state index is 0.196. The van der Waals surface area contributed by atoms with Crippen LogP contribution in [0.5, 0.6) is 5.75 Å². The maximum atomic E-state index is 6.08. The maximum absolute atomic E-state index is 6.08. The van der Waals surface area contributed by atoms with Crippen LogP contribution in [0, 0.1) is 5.41 Å². The molecule has 0 amide bonds. The summed E-state index contributed by atoms with van der Waals surface area (Å²) in [5.74, 6) is 0.903. The van der Waals surface area contributed by atoms with Crippen molar-refractivity contribution in [1.82, 2.24) is 15.1 Å². The maximum Gasteiger partial charge on any atom is 0.157 e. The van der Waals surface area contributed by atoms with Gasteiger partial charge in [-0.1, -0.05) is 27.7 Å². The van der Waals surface area contributed by atoms with Gasteiger partial charge in [0.25, 0.3) is 0 Å². The van der Waals surface area contributed by atoms with Crippen LogP contribution in [0.2, 0.25) is 0 Å².